The lowest BCUT2D eigenvalue weighted by Gasteiger charge is -2.04. The van der Waals surface area contributed by atoms with E-state index in [0.717, 1.165) is 12.2 Å². The monoisotopic (exact) mass is 140 g/mol. The van der Waals surface area contributed by atoms with Crippen LogP contribution in [0.5, 0.6) is 0 Å². The van der Waals surface area contributed by atoms with Crippen molar-refractivity contribution in [3.63, 3.8) is 0 Å². The molecule has 0 aliphatic carbocycles. The molecule has 1 aliphatic rings. The van der Waals surface area contributed by atoms with Gasteiger partial charge in [-0.2, -0.15) is 0 Å². The summed E-state index contributed by atoms with van der Waals surface area (Å²) in [6.45, 7) is 4.46. The lowest BCUT2D eigenvalue weighted by Crippen LogP contribution is -1.94. The van der Waals surface area contributed by atoms with Crippen LogP contribution in [0, 0.1) is 5.92 Å². The van der Waals surface area contributed by atoms with Crippen molar-refractivity contribution in [1.29, 1.82) is 0 Å². The van der Waals surface area contributed by atoms with Gasteiger partial charge in [0.1, 0.15) is 5.76 Å². The molecule has 0 aromatic carbocycles. The Labute approximate surface area is 60.9 Å². The maximum absolute atomic E-state index is 10.6. The topological polar surface area (TPSA) is 26.3 Å². The molecule has 1 heterocycles. The molecule has 1 aliphatic heterocycles. The largest absolute Gasteiger partial charge is 0.490 e. The molecule has 0 saturated carbocycles. The molecule has 10 heavy (non-hydrogen) atoms. The van der Waals surface area contributed by atoms with Crippen LogP contribution in [0.25, 0.3) is 0 Å². The first-order valence-electron chi connectivity index (χ1n) is 3.54. The first kappa shape index (κ1) is 7.32. The van der Waals surface area contributed by atoms with Crippen LogP contribution >= 0.6 is 0 Å². The molecule has 0 atom stereocenters. The van der Waals surface area contributed by atoms with Crippen molar-refractivity contribution in [1.82, 2.24) is 0 Å². The summed E-state index contributed by atoms with van der Waals surface area (Å²) in [5.74, 6) is 1.51. The second-order valence-electron chi connectivity index (χ2n) is 2.96. The lowest BCUT2D eigenvalue weighted by molar-refractivity contribution is -0.115. The lowest BCUT2D eigenvalue weighted by atomic mass is 10.1. The SMILES string of the molecule is CC(C)CC1=CC(=O)CO1. The van der Waals surface area contributed by atoms with Crippen molar-refractivity contribution in [2.45, 2.75) is 20.3 Å². The van der Waals surface area contributed by atoms with Crippen molar-refractivity contribution in [3.8, 4) is 0 Å². The smallest absolute Gasteiger partial charge is 0.196 e. The summed E-state index contributed by atoms with van der Waals surface area (Å²) in [4.78, 5) is 10.6. The molecule has 0 amide bonds. The number of hydrogen-bond donors (Lipinski definition) is 0. The fourth-order valence-corrected chi connectivity index (χ4v) is 0.947. The number of allylic oxidation sites excluding steroid dienone is 1. The van der Waals surface area contributed by atoms with Crippen LogP contribution in [-0.4, -0.2) is 12.4 Å². The van der Waals surface area contributed by atoms with Gasteiger partial charge < -0.3 is 4.74 Å². The van der Waals surface area contributed by atoms with Crippen molar-refractivity contribution >= 4 is 5.78 Å². The Morgan fingerprint density at radius 1 is 1.70 bits per heavy atom. The molecule has 0 saturated heterocycles. The van der Waals surface area contributed by atoms with Crippen LogP contribution in [0.2, 0.25) is 0 Å². The fraction of sp³-hybridized carbons (Fsp3) is 0.625. The van der Waals surface area contributed by atoms with Crippen LogP contribution in [0.4, 0.5) is 0 Å². The molecule has 1 rings (SSSR count). The second-order valence-corrected chi connectivity index (χ2v) is 2.96. The van der Waals surface area contributed by atoms with Gasteiger partial charge in [-0.25, -0.2) is 0 Å². The molecule has 2 heteroatoms. The van der Waals surface area contributed by atoms with E-state index in [1.807, 2.05) is 0 Å². The molecular formula is C8H12O2. The van der Waals surface area contributed by atoms with Gasteiger partial charge in [-0.1, -0.05) is 13.8 Å². The number of rotatable bonds is 2. The van der Waals surface area contributed by atoms with E-state index in [1.54, 1.807) is 6.08 Å². The molecule has 0 spiro atoms. The van der Waals surface area contributed by atoms with Gasteiger partial charge in [0.25, 0.3) is 0 Å². The zero-order valence-electron chi connectivity index (χ0n) is 6.39. The summed E-state index contributed by atoms with van der Waals surface area (Å²) in [5, 5.41) is 0. The molecule has 0 unspecified atom stereocenters. The summed E-state index contributed by atoms with van der Waals surface area (Å²) in [6, 6.07) is 0. The van der Waals surface area contributed by atoms with Gasteiger partial charge in [0.05, 0.1) is 0 Å². The highest BCUT2D eigenvalue weighted by atomic mass is 16.5. The van der Waals surface area contributed by atoms with Crippen molar-refractivity contribution in [3.05, 3.63) is 11.8 Å². The van der Waals surface area contributed by atoms with Crippen LogP contribution in [0.15, 0.2) is 11.8 Å². The molecule has 2 nitrogen and oxygen atoms in total. The third-order valence-corrected chi connectivity index (χ3v) is 1.33. The predicted octanol–water partition coefficient (Wildman–Crippen LogP) is 1.52. The number of ether oxygens (including phenoxy) is 1. The summed E-state index contributed by atoms with van der Waals surface area (Å²) in [5.41, 5.74) is 0. The second kappa shape index (κ2) is 2.86. The standard InChI is InChI=1S/C8H12O2/c1-6(2)3-8-4-7(9)5-10-8/h4,6H,3,5H2,1-2H3. The minimum atomic E-state index is 0.0932. The van der Waals surface area contributed by atoms with Gasteiger partial charge >= 0.3 is 0 Å². The molecule has 56 valence electrons. The van der Waals surface area contributed by atoms with Crippen molar-refractivity contribution in [2.75, 3.05) is 6.61 Å². The van der Waals surface area contributed by atoms with E-state index in [0.29, 0.717) is 5.92 Å². The average molecular weight is 140 g/mol. The summed E-state index contributed by atoms with van der Waals surface area (Å²) < 4.78 is 5.09. The molecule has 0 aromatic heterocycles. The highest BCUT2D eigenvalue weighted by Crippen LogP contribution is 2.15. The number of ketones is 1. The molecule has 0 fully saturated rings. The van der Waals surface area contributed by atoms with Crippen LogP contribution < -0.4 is 0 Å². The van der Waals surface area contributed by atoms with E-state index >= 15 is 0 Å². The zero-order valence-corrected chi connectivity index (χ0v) is 6.39. The van der Waals surface area contributed by atoms with E-state index in [-0.39, 0.29) is 12.4 Å². The summed E-state index contributed by atoms with van der Waals surface area (Å²) in [6.07, 6.45) is 2.48. The fourth-order valence-electron chi connectivity index (χ4n) is 0.947. The van der Waals surface area contributed by atoms with E-state index in [9.17, 15) is 4.79 Å². The Bertz CT molecular complexity index is 168. The quantitative estimate of drug-likeness (QED) is 0.581. The number of carbonyl (C=O) groups is 1. The van der Waals surface area contributed by atoms with Crippen LogP contribution in [0.3, 0.4) is 0 Å². The highest BCUT2D eigenvalue weighted by molar-refractivity contribution is 5.92. The van der Waals surface area contributed by atoms with Gasteiger partial charge in [0.2, 0.25) is 0 Å². The highest BCUT2D eigenvalue weighted by Gasteiger charge is 2.13. The Kier molecular flexibility index (Phi) is 2.10. The van der Waals surface area contributed by atoms with Crippen molar-refractivity contribution < 1.29 is 9.53 Å². The molecule has 0 aromatic rings. The Hall–Kier alpha value is -0.790. The van der Waals surface area contributed by atoms with Crippen molar-refractivity contribution in [2.24, 2.45) is 5.92 Å². The van der Waals surface area contributed by atoms with Gasteiger partial charge in [-0.15, -0.1) is 0 Å². The predicted molar refractivity (Wildman–Crippen MR) is 38.5 cm³/mol. The molecule has 0 bridgehead atoms. The Morgan fingerprint density at radius 3 is 2.80 bits per heavy atom. The van der Waals surface area contributed by atoms with E-state index < -0.39 is 0 Å². The van der Waals surface area contributed by atoms with E-state index in [2.05, 4.69) is 13.8 Å². The average Bonchev–Trinajstić information content (AvgIpc) is 2.13. The third-order valence-electron chi connectivity index (χ3n) is 1.33. The maximum Gasteiger partial charge on any atom is 0.196 e. The van der Waals surface area contributed by atoms with Gasteiger partial charge in [0, 0.05) is 12.5 Å². The van der Waals surface area contributed by atoms with E-state index in [1.165, 1.54) is 0 Å². The third kappa shape index (κ3) is 1.87. The Morgan fingerprint density at radius 2 is 2.40 bits per heavy atom. The number of carbonyl (C=O) groups excluding carboxylic acids is 1. The molecule has 0 N–H and O–H groups in total. The van der Waals surface area contributed by atoms with E-state index in [4.69, 9.17) is 4.74 Å². The van der Waals surface area contributed by atoms with Gasteiger partial charge in [0.15, 0.2) is 12.4 Å². The minimum Gasteiger partial charge on any atom is -0.490 e. The maximum atomic E-state index is 10.6. The first-order valence-corrected chi connectivity index (χ1v) is 3.54. The van der Waals surface area contributed by atoms with Crippen LogP contribution in [0.1, 0.15) is 20.3 Å². The zero-order chi connectivity index (χ0) is 7.56. The molecular weight excluding hydrogens is 128 g/mol. The van der Waals surface area contributed by atoms with Gasteiger partial charge in [-0.3, -0.25) is 4.79 Å². The van der Waals surface area contributed by atoms with Gasteiger partial charge in [-0.05, 0) is 5.92 Å². The number of hydrogen-bond acceptors (Lipinski definition) is 2. The summed E-state index contributed by atoms with van der Waals surface area (Å²) in [7, 11) is 0. The minimum absolute atomic E-state index is 0.0932. The summed E-state index contributed by atoms with van der Waals surface area (Å²) >= 11 is 0. The first-order chi connectivity index (χ1) is 4.68. The normalized spacial score (nSPS) is 17.5. The Balaban J connectivity index is 2.43. The van der Waals surface area contributed by atoms with Crippen LogP contribution in [-0.2, 0) is 9.53 Å². The molecule has 0 radical (unpaired) electrons.